The number of carbonyl (C=O) groups is 1. The van der Waals surface area contributed by atoms with Crippen molar-refractivity contribution in [3.63, 3.8) is 0 Å². The van der Waals surface area contributed by atoms with Gasteiger partial charge in [0.1, 0.15) is 5.82 Å². The van der Waals surface area contributed by atoms with Crippen molar-refractivity contribution in [1.82, 2.24) is 15.2 Å². The quantitative estimate of drug-likeness (QED) is 0.560. The third kappa shape index (κ3) is 5.63. The van der Waals surface area contributed by atoms with Gasteiger partial charge in [0.2, 0.25) is 5.91 Å². The summed E-state index contributed by atoms with van der Waals surface area (Å²) in [7, 11) is 0. The first-order valence-electron chi connectivity index (χ1n) is 12.0. The highest BCUT2D eigenvalue weighted by Gasteiger charge is 2.36. The van der Waals surface area contributed by atoms with E-state index < -0.39 is 11.7 Å². The van der Waals surface area contributed by atoms with Crippen molar-refractivity contribution in [3.05, 3.63) is 36.0 Å². The Morgan fingerprint density at radius 2 is 1.88 bits per heavy atom. The first kappa shape index (κ1) is 24.7. The van der Waals surface area contributed by atoms with Crippen LogP contribution in [0.2, 0.25) is 0 Å². The van der Waals surface area contributed by atoms with E-state index in [0.717, 1.165) is 50.9 Å². The Morgan fingerprint density at radius 3 is 2.53 bits per heavy atom. The number of nitrogens with zero attached hydrogens (tertiary/aromatic N) is 2. The maximum atomic E-state index is 13.1. The van der Waals surface area contributed by atoms with Crippen LogP contribution in [-0.2, 0) is 11.0 Å². The van der Waals surface area contributed by atoms with Gasteiger partial charge in [0, 0.05) is 30.7 Å². The molecule has 1 saturated carbocycles. The van der Waals surface area contributed by atoms with Gasteiger partial charge in [-0.15, -0.1) is 0 Å². The van der Waals surface area contributed by atoms with Gasteiger partial charge in [0.05, 0.1) is 24.3 Å². The molecule has 34 heavy (non-hydrogen) atoms. The lowest BCUT2D eigenvalue weighted by Crippen LogP contribution is -2.63. The zero-order valence-electron chi connectivity index (χ0n) is 19.6. The molecule has 3 N–H and O–H groups in total. The van der Waals surface area contributed by atoms with E-state index in [1.165, 1.54) is 12.3 Å². The Labute approximate surface area is 197 Å². The molecule has 1 atom stereocenters. The minimum absolute atomic E-state index is 0.0585. The monoisotopic (exact) mass is 478 g/mol. The first-order chi connectivity index (χ1) is 16.1. The van der Waals surface area contributed by atoms with Crippen LogP contribution in [0.25, 0.3) is 10.8 Å². The molecule has 1 aromatic heterocycles. The van der Waals surface area contributed by atoms with Gasteiger partial charge in [-0.1, -0.05) is 19.9 Å². The zero-order valence-corrected chi connectivity index (χ0v) is 19.6. The van der Waals surface area contributed by atoms with E-state index in [4.69, 9.17) is 0 Å². The number of hydrogen-bond acceptors (Lipinski definition) is 5. The number of alkyl halides is 3. The largest absolute Gasteiger partial charge is 0.416 e. The van der Waals surface area contributed by atoms with Gasteiger partial charge < -0.3 is 15.7 Å². The average Bonchev–Trinajstić information content (AvgIpc) is 2.78. The van der Waals surface area contributed by atoms with E-state index in [1.807, 2.05) is 0 Å². The predicted molar refractivity (Wildman–Crippen MR) is 125 cm³/mol. The average molecular weight is 479 g/mol. The smallest absolute Gasteiger partial charge is 0.393 e. The Morgan fingerprint density at radius 1 is 1.18 bits per heavy atom. The topological polar surface area (TPSA) is 77.5 Å². The zero-order chi connectivity index (χ0) is 24.5. The molecule has 2 aliphatic rings. The molecule has 1 aliphatic carbocycles. The van der Waals surface area contributed by atoms with Gasteiger partial charge in [-0.2, -0.15) is 13.2 Å². The van der Waals surface area contributed by atoms with Crippen LogP contribution in [0.15, 0.2) is 30.5 Å². The Balaban J connectivity index is 1.24. The molecule has 186 valence electrons. The summed E-state index contributed by atoms with van der Waals surface area (Å²) in [5, 5.41) is 17.1. The van der Waals surface area contributed by atoms with Crippen molar-refractivity contribution < 1.29 is 23.1 Å². The van der Waals surface area contributed by atoms with Crippen LogP contribution in [0.4, 0.5) is 19.0 Å². The van der Waals surface area contributed by atoms with Crippen molar-refractivity contribution in [3.8, 4) is 0 Å². The lowest BCUT2D eigenvalue weighted by Gasteiger charge is -2.47. The molecule has 2 aromatic rings. The number of fused-ring (bicyclic) bond motifs is 1. The van der Waals surface area contributed by atoms with Gasteiger partial charge in [-0.05, 0) is 61.1 Å². The summed E-state index contributed by atoms with van der Waals surface area (Å²) in [5.41, 5.74) is -0.747. The molecule has 0 spiro atoms. The molecule has 4 rings (SSSR count). The SMILES string of the molecule is CC(C)C(O)C1CCC(N2CC(NC(=O)CNc3nccc4ccc(C(F)(F)F)cc34)C2)CC1. The summed E-state index contributed by atoms with van der Waals surface area (Å²) in [5.74, 6) is 0.719. The number of anilines is 1. The molecule has 2 fully saturated rings. The van der Waals surface area contributed by atoms with Gasteiger partial charge in [0.15, 0.2) is 0 Å². The van der Waals surface area contributed by atoms with Crippen molar-refractivity contribution in [2.24, 2.45) is 11.8 Å². The molecule has 1 unspecified atom stereocenters. The Hall–Kier alpha value is -2.39. The van der Waals surface area contributed by atoms with Crippen LogP contribution in [0, 0.1) is 11.8 Å². The Bertz CT molecular complexity index is 999. The minimum Gasteiger partial charge on any atom is -0.393 e. The second-order valence-corrected chi connectivity index (χ2v) is 9.97. The molecular weight excluding hydrogens is 445 g/mol. The van der Waals surface area contributed by atoms with Crippen LogP contribution < -0.4 is 10.6 Å². The molecule has 6 nitrogen and oxygen atoms in total. The van der Waals surface area contributed by atoms with Gasteiger partial charge >= 0.3 is 6.18 Å². The molecule has 1 amide bonds. The number of aliphatic hydroxyl groups is 1. The van der Waals surface area contributed by atoms with Gasteiger partial charge in [-0.3, -0.25) is 9.69 Å². The number of nitrogens with one attached hydrogen (secondary N) is 2. The van der Waals surface area contributed by atoms with E-state index >= 15 is 0 Å². The number of benzene rings is 1. The summed E-state index contributed by atoms with van der Waals surface area (Å²) in [6, 6.07) is 5.72. The van der Waals surface area contributed by atoms with Crippen LogP contribution in [0.3, 0.4) is 0 Å². The number of hydrogen-bond donors (Lipinski definition) is 3. The number of aromatic nitrogens is 1. The van der Waals surface area contributed by atoms with E-state index in [9.17, 15) is 23.1 Å². The number of likely N-dealkylation sites (tertiary alicyclic amines) is 1. The molecule has 2 heterocycles. The highest BCUT2D eigenvalue weighted by atomic mass is 19.4. The molecule has 1 aliphatic heterocycles. The first-order valence-corrected chi connectivity index (χ1v) is 12.0. The number of amides is 1. The standard InChI is InChI=1S/C25H33F3N4O2/c1-15(2)23(34)17-4-7-20(8-5-17)32-13-19(14-32)31-22(33)12-30-24-21-11-18(25(26,27)28)6-3-16(21)9-10-29-24/h3,6,9-11,15,17,19-20,23,34H,4-5,7-8,12-14H2,1-2H3,(H,29,30)(H,31,33). The molecule has 1 aromatic carbocycles. The fourth-order valence-electron chi connectivity index (χ4n) is 5.18. The third-order valence-corrected chi connectivity index (χ3v) is 7.21. The van der Waals surface area contributed by atoms with Crippen LogP contribution in [0.5, 0.6) is 0 Å². The summed E-state index contributed by atoms with van der Waals surface area (Å²) >= 11 is 0. The molecule has 0 radical (unpaired) electrons. The maximum absolute atomic E-state index is 13.1. The third-order valence-electron chi connectivity index (χ3n) is 7.21. The second kappa shape index (κ2) is 10.1. The maximum Gasteiger partial charge on any atom is 0.416 e. The normalized spacial score (nSPS) is 23.0. The van der Waals surface area contributed by atoms with Crippen LogP contribution in [0.1, 0.15) is 45.1 Å². The molecule has 0 bridgehead atoms. The van der Waals surface area contributed by atoms with Crippen molar-refractivity contribution in [2.45, 2.75) is 63.9 Å². The summed E-state index contributed by atoms with van der Waals surface area (Å²) in [6.07, 6.45) is 1.06. The molecular formula is C25H33F3N4O2. The van der Waals surface area contributed by atoms with Crippen LogP contribution in [-0.4, -0.2) is 58.7 Å². The van der Waals surface area contributed by atoms with Crippen LogP contribution >= 0.6 is 0 Å². The molecule has 1 saturated heterocycles. The lowest BCUT2D eigenvalue weighted by molar-refractivity contribution is -0.137. The summed E-state index contributed by atoms with van der Waals surface area (Å²) in [4.78, 5) is 18.9. The summed E-state index contributed by atoms with van der Waals surface area (Å²) in [6.45, 7) is 5.66. The number of rotatable bonds is 7. The number of pyridine rings is 1. The predicted octanol–water partition coefficient (Wildman–Crippen LogP) is 4.04. The number of halogens is 3. The number of aliphatic hydroxyl groups excluding tert-OH is 1. The van der Waals surface area contributed by atoms with Gasteiger partial charge in [0.25, 0.3) is 0 Å². The Kier molecular flexibility index (Phi) is 7.33. The highest BCUT2D eigenvalue weighted by Crippen LogP contribution is 2.34. The van der Waals surface area contributed by atoms with Crippen molar-refractivity contribution in [2.75, 3.05) is 25.0 Å². The lowest BCUT2D eigenvalue weighted by atomic mass is 9.78. The number of carbonyl (C=O) groups excluding carboxylic acids is 1. The minimum atomic E-state index is -4.44. The fourth-order valence-corrected chi connectivity index (χ4v) is 5.18. The van der Waals surface area contributed by atoms with E-state index in [1.54, 1.807) is 6.07 Å². The van der Waals surface area contributed by atoms with E-state index in [2.05, 4.69) is 34.4 Å². The van der Waals surface area contributed by atoms with Gasteiger partial charge in [-0.25, -0.2) is 4.98 Å². The van der Waals surface area contributed by atoms with Crippen molar-refractivity contribution in [1.29, 1.82) is 0 Å². The fraction of sp³-hybridized carbons (Fsp3) is 0.600. The molecule has 9 heteroatoms. The summed E-state index contributed by atoms with van der Waals surface area (Å²) < 4.78 is 39.2. The van der Waals surface area contributed by atoms with Crippen molar-refractivity contribution >= 4 is 22.5 Å². The van der Waals surface area contributed by atoms with E-state index in [0.29, 0.717) is 22.7 Å². The van der Waals surface area contributed by atoms with E-state index in [-0.39, 0.29) is 36.3 Å². The highest BCUT2D eigenvalue weighted by molar-refractivity contribution is 5.93. The second-order valence-electron chi connectivity index (χ2n) is 9.97.